The molecule has 96 valence electrons. The molecule has 0 amide bonds. The molecule has 4 nitrogen and oxygen atoms in total. The second kappa shape index (κ2) is 4.66. The highest BCUT2D eigenvalue weighted by atomic mass is 79.9. The SMILES string of the molecule is CCc1cc(Br)ccc1-n1c(N)nc2cccnc21. The largest absolute Gasteiger partial charge is 0.369 e. The molecule has 0 fully saturated rings. The van der Waals surface area contributed by atoms with Gasteiger partial charge in [0.25, 0.3) is 0 Å². The molecular weight excluding hydrogens is 304 g/mol. The van der Waals surface area contributed by atoms with Crippen molar-refractivity contribution in [3.8, 4) is 5.69 Å². The van der Waals surface area contributed by atoms with Crippen molar-refractivity contribution in [2.24, 2.45) is 0 Å². The number of rotatable bonds is 2. The number of nitrogens with two attached hydrogens (primary N) is 1. The summed E-state index contributed by atoms with van der Waals surface area (Å²) in [5.74, 6) is 0.464. The van der Waals surface area contributed by atoms with Gasteiger partial charge in [0.05, 0.1) is 5.69 Å². The predicted octanol–water partition coefficient (Wildman–Crippen LogP) is 3.33. The van der Waals surface area contributed by atoms with Gasteiger partial charge < -0.3 is 5.73 Å². The number of pyridine rings is 1. The molecule has 0 unspecified atom stereocenters. The first-order valence-electron chi connectivity index (χ1n) is 6.08. The molecule has 0 radical (unpaired) electrons. The Hall–Kier alpha value is -1.88. The zero-order valence-corrected chi connectivity index (χ0v) is 12.1. The van der Waals surface area contributed by atoms with Gasteiger partial charge in [0, 0.05) is 10.7 Å². The van der Waals surface area contributed by atoms with E-state index in [9.17, 15) is 0 Å². The lowest BCUT2D eigenvalue weighted by Gasteiger charge is -2.11. The fourth-order valence-electron chi connectivity index (χ4n) is 2.22. The zero-order chi connectivity index (χ0) is 13.4. The molecule has 19 heavy (non-hydrogen) atoms. The average Bonchev–Trinajstić information content (AvgIpc) is 2.74. The minimum Gasteiger partial charge on any atom is -0.369 e. The lowest BCUT2D eigenvalue weighted by molar-refractivity contribution is 1.02. The van der Waals surface area contributed by atoms with Gasteiger partial charge in [0.1, 0.15) is 5.52 Å². The number of aromatic nitrogens is 3. The summed E-state index contributed by atoms with van der Waals surface area (Å²) in [5, 5.41) is 0. The molecular formula is C14H13BrN4. The Balaban J connectivity index is 2.33. The molecule has 0 spiro atoms. The maximum Gasteiger partial charge on any atom is 0.207 e. The Morgan fingerprint density at radius 3 is 2.95 bits per heavy atom. The van der Waals surface area contributed by atoms with Crippen LogP contribution < -0.4 is 5.73 Å². The Bertz CT molecular complexity index is 748. The summed E-state index contributed by atoms with van der Waals surface area (Å²) in [6, 6.07) is 9.92. The summed E-state index contributed by atoms with van der Waals surface area (Å²) in [7, 11) is 0. The van der Waals surface area contributed by atoms with Crippen molar-refractivity contribution in [3.05, 3.63) is 46.6 Å². The molecule has 0 aliphatic heterocycles. The number of hydrogen-bond acceptors (Lipinski definition) is 3. The van der Waals surface area contributed by atoms with Crippen LogP contribution in [0.5, 0.6) is 0 Å². The maximum absolute atomic E-state index is 6.05. The van der Waals surface area contributed by atoms with Crippen molar-refractivity contribution >= 4 is 33.0 Å². The summed E-state index contributed by atoms with van der Waals surface area (Å²) in [6.45, 7) is 2.12. The van der Waals surface area contributed by atoms with Crippen molar-refractivity contribution in [3.63, 3.8) is 0 Å². The van der Waals surface area contributed by atoms with Crippen molar-refractivity contribution in [2.45, 2.75) is 13.3 Å². The van der Waals surface area contributed by atoms with E-state index in [0.717, 1.165) is 27.7 Å². The summed E-state index contributed by atoms with van der Waals surface area (Å²) in [4.78, 5) is 8.74. The van der Waals surface area contributed by atoms with Crippen LogP contribution in [0.1, 0.15) is 12.5 Å². The number of halogens is 1. The molecule has 0 atom stereocenters. The number of nitrogen functional groups attached to an aromatic ring is 1. The van der Waals surface area contributed by atoms with Crippen LogP contribution in [0, 0.1) is 0 Å². The fraction of sp³-hybridized carbons (Fsp3) is 0.143. The van der Waals surface area contributed by atoms with Crippen LogP contribution in [0.4, 0.5) is 5.95 Å². The van der Waals surface area contributed by atoms with E-state index in [1.165, 1.54) is 5.56 Å². The van der Waals surface area contributed by atoms with E-state index < -0.39 is 0 Å². The van der Waals surface area contributed by atoms with E-state index >= 15 is 0 Å². The molecule has 2 heterocycles. The van der Waals surface area contributed by atoms with E-state index in [0.29, 0.717) is 5.95 Å². The fourth-order valence-corrected chi connectivity index (χ4v) is 2.63. The summed E-state index contributed by atoms with van der Waals surface area (Å²) < 4.78 is 2.96. The maximum atomic E-state index is 6.05. The Labute approximate surface area is 119 Å². The van der Waals surface area contributed by atoms with Crippen molar-refractivity contribution in [1.29, 1.82) is 0 Å². The standard InChI is InChI=1S/C14H13BrN4/c1-2-9-8-10(15)5-6-12(9)19-13-11(18-14(19)16)4-3-7-17-13/h3-8H,2H2,1H3,(H2,16,18). The number of aryl methyl sites for hydroxylation is 1. The molecule has 1 aromatic carbocycles. The van der Waals surface area contributed by atoms with Crippen LogP contribution >= 0.6 is 15.9 Å². The number of hydrogen-bond donors (Lipinski definition) is 1. The summed E-state index contributed by atoms with van der Waals surface area (Å²) in [5.41, 5.74) is 9.88. The van der Waals surface area contributed by atoms with Crippen molar-refractivity contribution < 1.29 is 0 Å². The van der Waals surface area contributed by atoms with E-state index in [1.807, 2.05) is 28.8 Å². The number of benzene rings is 1. The smallest absolute Gasteiger partial charge is 0.207 e. The normalized spacial score (nSPS) is 11.1. The lowest BCUT2D eigenvalue weighted by atomic mass is 10.1. The second-order valence-electron chi connectivity index (χ2n) is 4.28. The molecule has 3 rings (SSSR count). The van der Waals surface area contributed by atoms with Crippen molar-refractivity contribution in [1.82, 2.24) is 14.5 Å². The molecule has 2 N–H and O–H groups in total. The number of fused-ring (bicyclic) bond motifs is 1. The molecule has 0 bridgehead atoms. The van der Waals surface area contributed by atoms with Crippen LogP contribution in [-0.2, 0) is 6.42 Å². The first-order chi connectivity index (χ1) is 9.20. The number of nitrogens with zero attached hydrogens (tertiary/aromatic N) is 3. The van der Waals surface area contributed by atoms with Gasteiger partial charge in [0.2, 0.25) is 5.95 Å². The van der Waals surface area contributed by atoms with Gasteiger partial charge in [-0.15, -0.1) is 0 Å². The Morgan fingerprint density at radius 2 is 2.16 bits per heavy atom. The van der Waals surface area contributed by atoms with Crippen molar-refractivity contribution in [2.75, 3.05) is 5.73 Å². The number of anilines is 1. The molecule has 0 aliphatic rings. The highest BCUT2D eigenvalue weighted by molar-refractivity contribution is 9.10. The highest BCUT2D eigenvalue weighted by Gasteiger charge is 2.13. The van der Waals surface area contributed by atoms with E-state index in [2.05, 4.69) is 38.9 Å². The van der Waals surface area contributed by atoms with Crippen LogP contribution in [0.15, 0.2) is 41.0 Å². The van der Waals surface area contributed by atoms with Gasteiger partial charge >= 0.3 is 0 Å². The van der Waals surface area contributed by atoms with Gasteiger partial charge in [-0.2, -0.15) is 0 Å². The predicted molar refractivity (Wildman–Crippen MR) is 80.4 cm³/mol. The van der Waals surface area contributed by atoms with E-state index in [4.69, 9.17) is 5.73 Å². The van der Waals surface area contributed by atoms with Crippen LogP contribution in [0.2, 0.25) is 0 Å². The Kier molecular flexibility index (Phi) is 2.98. The van der Waals surface area contributed by atoms with Gasteiger partial charge in [0.15, 0.2) is 5.65 Å². The zero-order valence-electron chi connectivity index (χ0n) is 10.5. The molecule has 5 heteroatoms. The minimum atomic E-state index is 0.464. The molecule has 0 aliphatic carbocycles. The molecule has 0 saturated heterocycles. The monoisotopic (exact) mass is 316 g/mol. The third kappa shape index (κ3) is 2.00. The second-order valence-corrected chi connectivity index (χ2v) is 5.19. The first kappa shape index (κ1) is 12.2. The van der Waals surface area contributed by atoms with E-state index in [-0.39, 0.29) is 0 Å². The Morgan fingerprint density at radius 1 is 1.32 bits per heavy atom. The highest BCUT2D eigenvalue weighted by Crippen LogP contribution is 2.26. The van der Waals surface area contributed by atoms with Gasteiger partial charge in [-0.25, -0.2) is 9.97 Å². The summed E-state index contributed by atoms with van der Waals surface area (Å²) >= 11 is 3.50. The lowest BCUT2D eigenvalue weighted by Crippen LogP contribution is -2.04. The van der Waals surface area contributed by atoms with E-state index in [1.54, 1.807) is 6.20 Å². The van der Waals surface area contributed by atoms with Crippen LogP contribution in [0.3, 0.4) is 0 Å². The van der Waals surface area contributed by atoms with Gasteiger partial charge in [-0.1, -0.05) is 22.9 Å². The third-order valence-corrected chi connectivity index (χ3v) is 3.60. The molecule has 0 saturated carbocycles. The number of imidazole rings is 1. The minimum absolute atomic E-state index is 0.464. The first-order valence-corrected chi connectivity index (χ1v) is 6.87. The molecule has 2 aromatic heterocycles. The van der Waals surface area contributed by atoms with Gasteiger partial charge in [-0.05, 0) is 42.3 Å². The van der Waals surface area contributed by atoms with Crippen LogP contribution in [-0.4, -0.2) is 14.5 Å². The third-order valence-electron chi connectivity index (χ3n) is 3.11. The molecule has 3 aromatic rings. The van der Waals surface area contributed by atoms with Gasteiger partial charge in [-0.3, -0.25) is 4.57 Å². The summed E-state index contributed by atoms with van der Waals surface area (Å²) in [6.07, 6.45) is 2.67. The topological polar surface area (TPSA) is 56.7 Å². The average molecular weight is 317 g/mol. The van der Waals surface area contributed by atoms with Crippen LogP contribution in [0.25, 0.3) is 16.9 Å². The quantitative estimate of drug-likeness (QED) is 0.789.